The van der Waals surface area contributed by atoms with Gasteiger partial charge in [-0.3, -0.25) is 4.84 Å². The largest absolute Gasteiger partial charge is 0.479 e. The number of carboxylic acids is 1. The number of nitrogens with one attached hydrogen (secondary N) is 1. The standard InChI is InChI=1S/C5H9NO3/c7-5(8)4-2-1-3-6-9-4/h4,6H,1-3H2,(H,7,8). The Morgan fingerprint density at radius 2 is 2.56 bits per heavy atom. The number of rotatable bonds is 1. The lowest BCUT2D eigenvalue weighted by molar-refractivity contribution is -0.160. The Morgan fingerprint density at radius 1 is 1.78 bits per heavy atom. The van der Waals surface area contributed by atoms with Gasteiger partial charge in [-0.2, -0.15) is 0 Å². The zero-order valence-corrected chi connectivity index (χ0v) is 4.96. The maximum absolute atomic E-state index is 10.2. The molecule has 9 heavy (non-hydrogen) atoms. The molecular weight excluding hydrogens is 122 g/mol. The van der Waals surface area contributed by atoms with Crippen LogP contribution in [0.15, 0.2) is 0 Å². The van der Waals surface area contributed by atoms with E-state index in [1.165, 1.54) is 0 Å². The Balaban J connectivity index is 2.31. The fourth-order valence-electron chi connectivity index (χ4n) is 0.752. The molecule has 1 heterocycles. The second-order valence-corrected chi connectivity index (χ2v) is 1.98. The molecule has 0 radical (unpaired) electrons. The minimum Gasteiger partial charge on any atom is -0.479 e. The molecule has 4 heteroatoms. The summed E-state index contributed by atoms with van der Waals surface area (Å²) < 4.78 is 0. The molecule has 1 rings (SSSR count). The lowest BCUT2D eigenvalue weighted by Crippen LogP contribution is -2.36. The number of hydrogen-bond acceptors (Lipinski definition) is 3. The van der Waals surface area contributed by atoms with Crippen molar-refractivity contribution in [2.45, 2.75) is 18.9 Å². The predicted octanol–water partition coefficient (Wildman–Crippen LogP) is -0.245. The number of hydrogen-bond donors (Lipinski definition) is 2. The molecule has 0 aromatic rings. The quantitative estimate of drug-likeness (QED) is 0.515. The van der Waals surface area contributed by atoms with E-state index in [2.05, 4.69) is 10.3 Å². The fraction of sp³-hybridized carbons (Fsp3) is 0.800. The molecule has 0 spiro atoms. The van der Waals surface area contributed by atoms with Crippen LogP contribution in [0.25, 0.3) is 0 Å². The first-order chi connectivity index (χ1) is 4.30. The first-order valence-corrected chi connectivity index (χ1v) is 2.92. The van der Waals surface area contributed by atoms with Crippen molar-refractivity contribution in [2.75, 3.05) is 6.54 Å². The third-order valence-electron chi connectivity index (χ3n) is 1.25. The second-order valence-electron chi connectivity index (χ2n) is 1.98. The molecule has 0 bridgehead atoms. The summed E-state index contributed by atoms with van der Waals surface area (Å²) in [6.45, 7) is 0.754. The van der Waals surface area contributed by atoms with Gasteiger partial charge in [-0.25, -0.2) is 10.3 Å². The zero-order chi connectivity index (χ0) is 6.69. The highest BCUT2D eigenvalue weighted by Gasteiger charge is 2.20. The molecule has 1 aliphatic heterocycles. The first-order valence-electron chi connectivity index (χ1n) is 2.92. The van der Waals surface area contributed by atoms with Crippen molar-refractivity contribution in [3.63, 3.8) is 0 Å². The molecule has 1 unspecified atom stereocenters. The van der Waals surface area contributed by atoms with Crippen LogP contribution >= 0.6 is 0 Å². The van der Waals surface area contributed by atoms with E-state index in [1.807, 2.05) is 0 Å². The van der Waals surface area contributed by atoms with Gasteiger partial charge in [0.05, 0.1) is 0 Å². The maximum atomic E-state index is 10.2. The normalized spacial score (nSPS) is 27.8. The van der Waals surface area contributed by atoms with Gasteiger partial charge in [0.15, 0.2) is 6.10 Å². The first kappa shape index (κ1) is 6.51. The Labute approximate surface area is 52.8 Å². The van der Waals surface area contributed by atoms with E-state index >= 15 is 0 Å². The third-order valence-corrected chi connectivity index (χ3v) is 1.25. The average Bonchev–Trinajstić information content (AvgIpc) is 1.90. The molecule has 2 N–H and O–H groups in total. The summed E-state index contributed by atoms with van der Waals surface area (Å²) in [6, 6.07) is 0. The smallest absolute Gasteiger partial charge is 0.334 e. The van der Waals surface area contributed by atoms with Crippen LogP contribution in [0.3, 0.4) is 0 Å². The number of carboxylic acid groups (broad SMARTS) is 1. The lowest BCUT2D eigenvalue weighted by Gasteiger charge is -2.18. The van der Waals surface area contributed by atoms with Gasteiger partial charge in [-0.05, 0) is 12.8 Å². The van der Waals surface area contributed by atoms with E-state index < -0.39 is 12.1 Å². The van der Waals surface area contributed by atoms with Crippen molar-refractivity contribution in [1.29, 1.82) is 0 Å². The van der Waals surface area contributed by atoms with E-state index in [0.717, 1.165) is 13.0 Å². The molecule has 1 fully saturated rings. The summed E-state index contributed by atoms with van der Waals surface area (Å²) in [5.74, 6) is -0.887. The van der Waals surface area contributed by atoms with Gasteiger partial charge in [-0.15, -0.1) is 0 Å². The van der Waals surface area contributed by atoms with Crippen LogP contribution < -0.4 is 5.48 Å². The van der Waals surface area contributed by atoms with Crippen LogP contribution in [0.4, 0.5) is 0 Å². The average molecular weight is 131 g/mol. The lowest BCUT2D eigenvalue weighted by atomic mass is 10.2. The number of aliphatic carboxylic acids is 1. The Hall–Kier alpha value is -0.610. The number of carbonyl (C=O) groups is 1. The van der Waals surface area contributed by atoms with Gasteiger partial charge in [-0.1, -0.05) is 0 Å². The highest BCUT2D eigenvalue weighted by molar-refractivity contribution is 5.72. The van der Waals surface area contributed by atoms with E-state index in [-0.39, 0.29) is 0 Å². The summed E-state index contributed by atoms with van der Waals surface area (Å²) >= 11 is 0. The minimum atomic E-state index is -0.887. The molecule has 0 amide bonds. The van der Waals surface area contributed by atoms with Crippen molar-refractivity contribution < 1.29 is 14.7 Å². The molecule has 0 aromatic heterocycles. The molecule has 0 saturated carbocycles. The number of hydroxylamine groups is 1. The van der Waals surface area contributed by atoms with Crippen LogP contribution in [-0.4, -0.2) is 23.7 Å². The van der Waals surface area contributed by atoms with E-state index in [4.69, 9.17) is 5.11 Å². The van der Waals surface area contributed by atoms with Crippen molar-refractivity contribution in [1.82, 2.24) is 5.48 Å². The molecule has 1 atom stereocenters. The molecule has 1 aliphatic rings. The van der Waals surface area contributed by atoms with Crippen LogP contribution in [0.2, 0.25) is 0 Å². The van der Waals surface area contributed by atoms with Gasteiger partial charge < -0.3 is 5.11 Å². The van der Waals surface area contributed by atoms with Crippen LogP contribution in [0, 0.1) is 0 Å². The van der Waals surface area contributed by atoms with E-state index in [1.54, 1.807) is 0 Å². The van der Waals surface area contributed by atoms with Gasteiger partial charge >= 0.3 is 5.97 Å². The van der Waals surface area contributed by atoms with Crippen LogP contribution in [0.5, 0.6) is 0 Å². The molecule has 0 aliphatic carbocycles. The monoisotopic (exact) mass is 131 g/mol. The van der Waals surface area contributed by atoms with E-state index in [0.29, 0.717) is 6.42 Å². The van der Waals surface area contributed by atoms with Gasteiger partial charge in [0.2, 0.25) is 0 Å². The van der Waals surface area contributed by atoms with Crippen molar-refractivity contribution in [2.24, 2.45) is 0 Å². The van der Waals surface area contributed by atoms with Crippen LogP contribution in [0.1, 0.15) is 12.8 Å². The van der Waals surface area contributed by atoms with E-state index in [9.17, 15) is 4.79 Å². The molecule has 1 saturated heterocycles. The highest BCUT2D eigenvalue weighted by Crippen LogP contribution is 2.04. The summed E-state index contributed by atoms with van der Waals surface area (Å²) in [6.07, 6.45) is 0.845. The highest BCUT2D eigenvalue weighted by atomic mass is 16.7. The van der Waals surface area contributed by atoms with Crippen LogP contribution in [-0.2, 0) is 9.63 Å². The summed E-state index contributed by atoms with van der Waals surface area (Å²) in [4.78, 5) is 14.9. The zero-order valence-electron chi connectivity index (χ0n) is 4.96. The fourth-order valence-corrected chi connectivity index (χ4v) is 0.752. The third kappa shape index (κ3) is 1.65. The summed E-state index contributed by atoms with van der Waals surface area (Å²) in [5, 5.41) is 8.37. The van der Waals surface area contributed by atoms with Crippen molar-refractivity contribution in [3.05, 3.63) is 0 Å². The molecule has 0 aromatic carbocycles. The Morgan fingerprint density at radius 3 is 2.89 bits per heavy atom. The topological polar surface area (TPSA) is 58.6 Å². The molecule has 4 nitrogen and oxygen atoms in total. The van der Waals surface area contributed by atoms with Gasteiger partial charge in [0.25, 0.3) is 0 Å². The van der Waals surface area contributed by atoms with Crippen molar-refractivity contribution in [3.8, 4) is 0 Å². The predicted molar refractivity (Wildman–Crippen MR) is 29.7 cm³/mol. The summed E-state index contributed by atoms with van der Waals surface area (Å²) in [5.41, 5.74) is 2.54. The van der Waals surface area contributed by atoms with Gasteiger partial charge in [0.1, 0.15) is 0 Å². The molecular formula is C5H9NO3. The second kappa shape index (κ2) is 2.80. The molecule has 52 valence electrons. The maximum Gasteiger partial charge on any atom is 0.334 e. The van der Waals surface area contributed by atoms with Gasteiger partial charge in [0, 0.05) is 6.54 Å². The SMILES string of the molecule is O=C(O)C1CCCNO1. The van der Waals surface area contributed by atoms with Crippen molar-refractivity contribution >= 4 is 5.97 Å². The Bertz CT molecular complexity index is 109. The summed E-state index contributed by atoms with van der Waals surface area (Å²) in [7, 11) is 0. The minimum absolute atomic E-state index is 0.613. The Kier molecular flexibility index (Phi) is 2.02.